The van der Waals surface area contributed by atoms with E-state index in [1.54, 1.807) is 18.2 Å². The van der Waals surface area contributed by atoms with Crippen LogP contribution in [0, 0.1) is 16.6 Å². The van der Waals surface area contributed by atoms with E-state index in [9.17, 15) is 9.18 Å². The van der Waals surface area contributed by atoms with Crippen LogP contribution in [0.15, 0.2) is 30.3 Å². The molecule has 1 aliphatic rings. The summed E-state index contributed by atoms with van der Waals surface area (Å²) in [6.45, 7) is 6.40. The Labute approximate surface area is 194 Å². The highest BCUT2D eigenvalue weighted by Gasteiger charge is 2.20. The van der Waals surface area contributed by atoms with Gasteiger partial charge in [0, 0.05) is 25.2 Å². The van der Waals surface area contributed by atoms with E-state index in [2.05, 4.69) is 20.2 Å². The quantitative estimate of drug-likeness (QED) is 0.375. The average Bonchev–Trinajstić information content (AvgIpc) is 3.22. The van der Waals surface area contributed by atoms with Crippen molar-refractivity contribution in [3.63, 3.8) is 0 Å². The Bertz CT molecular complexity index is 1210. The number of benzene rings is 1. The average molecular weight is 470 g/mol. The summed E-state index contributed by atoms with van der Waals surface area (Å²) in [7, 11) is 0. The molecule has 3 heterocycles. The van der Waals surface area contributed by atoms with E-state index in [1.165, 1.54) is 28.4 Å². The molecule has 1 aliphatic heterocycles. The van der Waals surface area contributed by atoms with Crippen LogP contribution < -0.4 is 10.2 Å². The SMILES string of the molecule is CC(C)N(C=N)C(=N)c1cccc(NC(=O)c2cc3sc(N4CCOCC4)nc3cc2F)n1. The van der Waals surface area contributed by atoms with E-state index in [0.29, 0.717) is 29.1 Å². The summed E-state index contributed by atoms with van der Waals surface area (Å²) in [4.78, 5) is 25.2. The second-order valence-corrected chi connectivity index (χ2v) is 8.75. The molecule has 0 atom stereocenters. The van der Waals surface area contributed by atoms with Gasteiger partial charge in [-0.3, -0.25) is 15.6 Å². The first-order valence-corrected chi connectivity index (χ1v) is 11.3. The Morgan fingerprint density at radius 1 is 1.30 bits per heavy atom. The molecule has 1 amide bonds. The Morgan fingerprint density at radius 3 is 2.76 bits per heavy atom. The van der Waals surface area contributed by atoms with Gasteiger partial charge in [0.05, 0.1) is 35.3 Å². The molecule has 0 radical (unpaired) electrons. The molecular weight excluding hydrogens is 445 g/mol. The highest BCUT2D eigenvalue weighted by atomic mass is 32.1. The van der Waals surface area contributed by atoms with Gasteiger partial charge in [0.15, 0.2) is 11.0 Å². The third-order valence-corrected chi connectivity index (χ3v) is 6.26. The number of anilines is 2. The smallest absolute Gasteiger partial charge is 0.259 e. The van der Waals surface area contributed by atoms with Crippen LogP contribution in [0.2, 0.25) is 0 Å². The number of nitrogens with zero attached hydrogens (tertiary/aromatic N) is 4. The summed E-state index contributed by atoms with van der Waals surface area (Å²) in [6, 6.07) is 7.51. The number of aromatic nitrogens is 2. The molecule has 4 rings (SSSR count). The number of nitrogens with one attached hydrogen (secondary N) is 3. The maximum Gasteiger partial charge on any atom is 0.259 e. The first-order valence-electron chi connectivity index (χ1n) is 10.5. The van der Waals surface area contributed by atoms with Crippen molar-refractivity contribution < 1.29 is 13.9 Å². The maximum absolute atomic E-state index is 14.8. The van der Waals surface area contributed by atoms with Crippen LogP contribution in [0.25, 0.3) is 10.2 Å². The fourth-order valence-corrected chi connectivity index (χ4v) is 4.46. The zero-order valence-corrected chi connectivity index (χ0v) is 19.1. The summed E-state index contributed by atoms with van der Waals surface area (Å²) >= 11 is 1.41. The topological polar surface area (TPSA) is 118 Å². The number of carbonyl (C=O) groups excluding carboxylic acids is 1. The Kier molecular flexibility index (Phi) is 6.61. The molecule has 33 heavy (non-hydrogen) atoms. The van der Waals surface area contributed by atoms with Crippen LogP contribution in [0.3, 0.4) is 0 Å². The zero-order chi connectivity index (χ0) is 23.5. The number of pyridine rings is 1. The molecule has 0 bridgehead atoms. The van der Waals surface area contributed by atoms with E-state index in [0.717, 1.165) is 24.6 Å². The number of morpholine rings is 1. The van der Waals surface area contributed by atoms with Gasteiger partial charge in [0.25, 0.3) is 5.91 Å². The second kappa shape index (κ2) is 9.59. The van der Waals surface area contributed by atoms with Crippen molar-refractivity contribution in [2.75, 3.05) is 36.5 Å². The third kappa shape index (κ3) is 4.83. The Balaban J connectivity index is 1.56. The number of hydrogen-bond donors (Lipinski definition) is 3. The number of hydrogen-bond acceptors (Lipinski definition) is 8. The molecule has 9 nitrogen and oxygen atoms in total. The molecule has 0 unspecified atom stereocenters. The predicted octanol–water partition coefficient (Wildman–Crippen LogP) is 3.56. The molecule has 0 spiro atoms. The fraction of sp³-hybridized carbons (Fsp3) is 0.318. The predicted molar refractivity (Wildman–Crippen MR) is 127 cm³/mol. The summed E-state index contributed by atoms with van der Waals surface area (Å²) in [5.41, 5.74) is 0.688. The molecule has 1 aromatic carbocycles. The van der Waals surface area contributed by atoms with Gasteiger partial charge in [0.1, 0.15) is 17.3 Å². The largest absolute Gasteiger partial charge is 0.378 e. The summed E-state index contributed by atoms with van der Waals surface area (Å²) in [5, 5.41) is 19.2. The molecule has 3 N–H and O–H groups in total. The summed E-state index contributed by atoms with van der Waals surface area (Å²) in [5.74, 6) is -1.09. The maximum atomic E-state index is 14.8. The lowest BCUT2D eigenvalue weighted by molar-refractivity contribution is 0.102. The minimum atomic E-state index is -0.669. The number of amides is 1. The molecule has 1 fully saturated rings. The van der Waals surface area contributed by atoms with E-state index in [4.69, 9.17) is 15.6 Å². The standard InChI is InChI=1S/C22H24FN7O2S/c1-13(2)30(12-24)20(25)16-4-3-5-19(26-16)28-21(31)14-10-18-17(11-15(14)23)27-22(33-18)29-6-8-32-9-7-29/h3-5,10-13,24-25H,6-9H2,1-2H3,(H,26,28,31). The molecule has 172 valence electrons. The molecule has 11 heteroatoms. The van der Waals surface area contributed by atoms with Crippen molar-refractivity contribution >= 4 is 50.6 Å². The van der Waals surface area contributed by atoms with Crippen molar-refractivity contribution in [2.45, 2.75) is 19.9 Å². The van der Waals surface area contributed by atoms with E-state index in [-0.39, 0.29) is 23.3 Å². The molecule has 3 aromatic rings. The van der Waals surface area contributed by atoms with Crippen LogP contribution in [-0.2, 0) is 4.74 Å². The fourth-order valence-electron chi connectivity index (χ4n) is 3.42. The van der Waals surface area contributed by atoms with Gasteiger partial charge >= 0.3 is 0 Å². The zero-order valence-electron chi connectivity index (χ0n) is 18.3. The molecule has 0 saturated carbocycles. The van der Waals surface area contributed by atoms with Crippen LogP contribution in [0.1, 0.15) is 29.9 Å². The van der Waals surface area contributed by atoms with Crippen molar-refractivity contribution in [3.05, 3.63) is 47.4 Å². The minimum Gasteiger partial charge on any atom is -0.378 e. The molecule has 1 saturated heterocycles. The molecule has 2 aromatic heterocycles. The molecule has 0 aliphatic carbocycles. The number of fused-ring (bicyclic) bond motifs is 1. The van der Waals surface area contributed by atoms with Gasteiger partial charge in [-0.05, 0) is 32.0 Å². The Morgan fingerprint density at radius 2 is 2.06 bits per heavy atom. The highest BCUT2D eigenvalue weighted by molar-refractivity contribution is 7.22. The second-order valence-electron chi connectivity index (χ2n) is 7.74. The number of thiazole rings is 1. The van der Waals surface area contributed by atoms with Crippen LogP contribution >= 0.6 is 11.3 Å². The normalized spacial score (nSPS) is 13.9. The summed E-state index contributed by atoms with van der Waals surface area (Å²) in [6.07, 6.45) is 1.06. The third-order valence-electron chi connectivity index (χ3n) is 5.18. The van der Waals surface area contributed by atoms with Crippen molar-refractivity contribution in [2.24, 2.45) is 0 Å². The number of ether oxygens (including phenoxy) is 1. The lowest BCUT2D eigenvalue weighted by Crippen LogP contribution is -2.36. The van der Waals surface area contributed by atoms with Crippen LogP contribution in [0.5, 0.6) is 0 Å². The van der Waals surface area contributed by atoms with Crippen molar-refractivity contribution in [3.8, 4) is 0 Å². The molecular formula is C22H24FN7O2S. The number of amidine groups is 1. The van der Waals surface area contributed by atoms with Gasteiger partial charge in [-0.25, -0.2) is 14.4 Å². The lowest BCUT2D eigenvalue weighted by Gasteiger charge is -2.25. The van der Waals surface area contributed by atoms with Gasteiger partial charge in [0.2, 0.25) is 0 Å². The van der Waals surface area contributed by atoms with E-state index < -0.39 is 11.7 Å². The van der Waals surface area contributed by atoms with Gasteiger partial charge in [-0.2, -0.15) is 0 Å². The van der Waals surface area contributed by atoms with Crippen LogP contribution in [-0.4, -0.2) is 65.3 Å². The first kappa shape index (κ1) is 22.7. The summed E-state index contributed by atoms with van der Waals surface area (Å²) < 4.78 is 20.8. The van der Waals surface area contributed by atoms with E-state index in [1.807, 2.05) is 13.8 Å². The van der Waals surface area contributed by atoms with Gasteiger partial charge < -0.3 is 19.9 Å². The van der Waals surface area contributed by atoms with E-state index >= 15 is 0 Å². The minimum absolute atomic E-state index is 0.0315. The van der Waals surface area contributed by atoms with Crippen LogP contribution in [0.4, 0.5) is 15.3 Å². The lowest BCUT2D eigenvalue weighted by atomic mass is 10.2. The number of rotatable bonds is 6. The Hall–Kier alpha value is -3.44. The number of carbonyl (C=O) groups is 1. The van der Waals surface area contributed by atoms with Gasteiger partial charge in [-0.15, -0.1) is 0 Å². The van der Waals surface area contributed by atoms with Crippen molar-refractivity contribution in [1.29, 1.82) is 10.8 Å². The van der Waals surface area contributed by atoms with Gasteiger partial charge in [-0.1, -0.05) is 17.4 Å². The first-order chi connectivity index (χ1) is 15.9. The van der Waals surface area contributed by atoms with Crippen molar-refractivity contribution in [1.82, 2.24) is 14.9 Å². The monoisotopic (exact) mass is 469 g/mol. The highest BCUT2D eigenvalue weighted by Crippen LogP contribution is 2.31. The number of halogens is 1.